The molecule has 0 spiro atoms. The quantitative estimate of drug-likeness (QED) is 0.791. The normalized spacial score (nSPS) is 30.5. The zero-order valence-corrected chi connectivity index (χ0v) is 14.2. The summed E-state index contributed by atoms with van der Waals surface area (Å²) < 4.78 is 19.6. The Bertz CT molecular complexity index is 821. The fourth-order valence-electron chi connectivity index (χ4n) is 3.34. The van der Waals surface area contributed by atoms with Crippen LogP contribution in [0.15, 0.2) is 12.7 Å². The number of likely N-dealkylation sites (N-methyl/N-ethyl adjacent to an activating group) is 1. The molecule has 2 aromatic rings. The van der Waals surface area contributed by atoms with E-state index in [1.165, 1.54) is 6.33 Å². The summed E-state index contributed by atoms with van der Waals surface area (Å²) in [5.41, 5.74) is 6.83. The van der Waals surface area contributed by atoms with Gasteiger partial charge in [0.25, 0.3) is 5.91 Å². The maximum absolute atomic E-state index is 12.4. The van der Waals surface area contributed by atoms with Crippen molar-refractivity contribution < 1.29 is 19.0 Å². The van der Waals surface area contributed by atoms with Gasteiger partial charge in [-0.2, -0.15) is 0 Å². The highest BCUT2D eigenvalue weighted by molar-refractivity contribution is 5.82. The van der Waals surface area contributed by atoms with Crippen LogP contribution >= 0.6 is 0 Å². The summed E-state index contributed by atoms with van der Waals surface area (Å²) in [4.78, 5) is 24.8. The van der Waals surface area contributed by atoms with Gasteiger partial charge in [0, 0.05) is 6.54 Å². The predicted octanol–water partition coefficient (Wildman–Crippen LogP) is -0.0379. The molecule has 25 heavy (non-hydrogen) atoms. The van der Waals surface area contributed by atoms with Gasteiger partial charge in [-0.25, -0.2) is 15.0 Å². The summed E-state index contributed by atoms with van der Waals surface area (Å²) >= 11 is 0. The topological polar surface area (TPSA) is 126 Å². The molecule has 4 rings (SSSR count). The number of carbonyl (C=O) groups excluding carboxylic acids is 1. The number of nitrogens with two attached hydrogens (primary N) is 1. The first-order valence-corrected chi connectivity index (χ1v) is 8.13. The first kappa shape index (κ1) is 16.2. The van der Waals surface area contributed by atoms with Crippen molar-refractivity contribution in [1.29, 1.82) is 0 Å². The molecule has 2 fully saturated rings. The Hall–Kier alpha value is -2.30. The van der Waals surface area contributed by atoms with Gasteiger partial charge in [0.2, 0.25) is 0 Å². The number of ether oxygens (including phenoxy) is 3. The Morgan fingerprint density at radius 1 is 1.32 bits per heavy atom. The van der Waals surface area contributed by atoms with Gasteiger partial charge in [0.15, 0.2) is 29.6 Å². The number of fused-ring (bicyclic) bond motifs is 2. The maximum Gasteiger partial charge on any atom is 0.252 e. The van der Waals surface area contributed by atoms with Crippen LogP contribution < -0.4 is 11.1 Å². The maximum atomic E-state index is 12.4. The number of aromatic nitrogens is 4. The number of nitrogens with one attached hydrogen (secondary N) is 1. The van der Waals surface area contributed by atoms with Crippen molar-refractivity contribution in [3.8, 4) is 0 Å². The van der Waals surface area contributed by atoms with E-state index in [0.29, 0.717) is 17.7 Å². The molecule has 2 aromatic heterocycles. The molecule has 1 unspecified atom stereocenters. The van der Waals surface area contributed by atoms with Gasteiger partial charge < -0.3 is 25.3 Å². The zero-order chi connectivity index (χ0) is 17.8. The summed E-state index contributed by atoms with van der Waals surface area (Å²) in [7, 11) is 0. The lowest BCUT2D eigenvalue weighted by molar-refractivity contribution is -0.197. The molecule has 0 saturated carbocycles. The van der Waals surface area contributed by atoms with E-state index in [-0.39, 0.29) is 11.7 Å². The molecule has 2 aliphatic rings. The van der Waals surface area contributed by atoms with E-state index in [0.717, 1.165) is 0 Å². The molecule has 1 amide bonds. The van der Waals surface area contributed by atoms with E-state index in [4.69, 9.17) is 19.9 Å². The van der Waals surface area contributed by atoms with E-state index >= 15 is 0 Å². The lowest BCUT2D eigenvalue weighted by atomic mass is 10.1. The number of rotatable bonds is 3. The number of nitrogen functional groups attached to an aromatic ring is 1. The molecular formula is C15H20N6O4. The minimum absolute atomic E-state index is 0.236. The fraction of sp³-hybridized carbons (Fsp3) is 0.600. The number of nitrogens with zero attached hydrogens (tertiary/aromatic N) is 4. The van der Waals surface area contributed by atoms with Crippen LogP contribution in [0.3, 0.4) is 0 Å². The summed E-state index contributed by atoms with van der Waals surface area (Å²) in [5.74, 6) is -0.769. The fourth-order valence-corrected chi connectivity index (χ4v) is 3.34. The van der Waals surface area contributed by atoms with E-state index in [1.54, 1.807) is 10.9 Å². The van der Waals surface area contributed by atoms with Crippen molar-refractivity contribution in [2.24, 2.45) is 0 Å². The minimum atomic E-state index is -0.813. The van der Waals surface area contributed by atoms with Crippen LogP contribution in [0.2, 0.25) is 0 Å². The summed E-state index contributed by atoms with van der Waals surface area (Å²) in [5, 5.41) is 2.77. The monoisotopic (exact) mass is 348 g/mol. The van der Waals surface area contributed by atoms with Gasteiger partial charge >= 0.3 is 0 Å². The molecule has 2 aliphatic heterocycles. The number of carbonyl (C=O) groups is 1. The van der Waals surface area contributed by atoms with Crippen LogP contribution in [0.1, 0.15) is 27.0 Å². The van der Waals surface area contributed by atoms with Crippen LogP contribution in [0, 0.1) is 0 Å². The highest BCUT2D eigenvalue weighted by atomic mass is 16.8. The van der Waals surface area contributed by atoms with Crippen LogP contribution in [-0.2, 0) is 19.0 Å². The van der Waals surface area contributed by atoms with Crippen molar-refractivity contribution in [3.63, 3.8) is 0 Å². The molecule has 2 saturated heterocycles. The predicted molar refractivity (Wildman–Crippen MR) is 86.2 cm³/mol. The number of anilines is 1. The second-order valence-electron chi connectivity index (χ2n) is 6.49. The van der Waals surface area contributed by atoms with Crippen molar-refractivity contribution in [3.05, 3.63) is 12.7 Å². The van der Waals surface area contributed by atoms with Crippen LogP contribution in [0.25, 0.3) is 11.2 Å². The molecule has 0 bridgehead atoms. The largest absolute Gasteiger partial charge is 0.382 e. The smallest absolute Gasteiger partial charge is 0.252 e. The molecule has 0 radical (unpaired) electrons. The Balaban J connectivity index is 1.73. The van der Waals surface area contributed by atoms with Crippen molar-refractivity contribution >= 4 is 22.9 Å². The number of hydrogen-bond donors (Lipinski definition) is 2. The van der Waals surface area contributed by atoms with Gasteiger partial charge in [-0.3, -0.25) is 9.36 Å². The SMILES string of the molecule is CCNC(=O)[C@H]1O[C@@H](n2cnc3c(N)ncnc32)C2OC(C)(C)O[C@H]21. The average Bonchev–Trinajstić information content (AvgIpc) is 3.18. The van der Waals surface area contributed by atoms with Crippen molar-refractivity contribution in [2.75, 3.05) is 12.3 Å². The summed E-state index contributed by atoms with van der Waals surface area (Å²) in [6.45, 7) is 5.97. The first-order chi connectivity index (χ1) is 11.9. The molecule has 4 heterocycles. The molecule has 4 atom stereocenters. The molecule has 134 valence electrons. The van der Waals surface area contributed by atoms with Crippen LogP contribution in [-0.4, -0.2) is 56.1 Å². The van der Waals surface area contributed by atoms with Gasteiger partial charge in [-0.15, -0.1) is 0 Å². The van der Waals surface area contributed by atoms with Crippen molar-refractivity contribution in [1.82, 2.24) is 24.8 Å². The molecule has 10 nitrogen and oxygen atoms in total. The number of hydrogen-bond acceptors (Lipinski definition) is 8. The van der Waals surface area contributed by atoms with E-state index < -0.39 is 30.3 Å². The Morgan fingerprint density at radius 2 is 2.08 bits per heavy atom. The third-order valence-electron chi connectivity index (χ3n) is 4.30. The van der Waals surface area contributed by atoms with Crippen LogP contribution in [0.5, 0.6) is 0 Å². The molecule has 0 aromatic carbocycles. The van der Waals surface area contributed by atoms with Gasteiger partial charge in [-0.05, 0) is 20.8 Å². The molecule has 3 N–H and O–H groups in total. The van der Waals surface area contributed by atoms with Crippen LogP contribution in [0.4, 0.5) is 5.82 Å². The highest BCUT2D eigenvalue weighted by Gasteiger charge is 2.58. The van der Waals surface area contributed by atoms with E-state index in [9.17, 15) is 4.79 Å². The lowest BCUT2D eigenvalue weighted by Crippen LogP contribution is -2.42. The van der Waals surface area contributed by atoms with E-state index in [1.807, 2.05) is 20.8 Å². The standard InChI is InChI=1S/C15H20N6O4/c1-4-17-13(22)9-8-10(25-15(2,3)24-8)14(23-9)21-6-20-7-11(16)18-5-19-12(7)21/h5-6,8-10,14H,4H2,1-3H3,(H,17,22)(H2,16,18,19)/t8-,9-,10?,14+/m0/s1. The minimum Gasteiger partial charge on any atom is -0.382 e. The summed E-state index contributed by atoms with van der Waals surface area (Å²) in [6, 6.07) is 0. The Morgan fingerprint density at radius 3 is 2.84 bits per heavy atom. The molecular weight excluding hydrogens is 328 g/mol. The van der Waals surface area contributed by atoms with Gasteiger partial charge in [0.1, 0.15) is 24.1 Å². The summed E-state index contributed by atoms with van der Waals surface area (Å²) in [6.07, 6.45) is 0.526. The third-order valence-corrected chi connectivity index (χ3v) is 4.30. The highest BCUT2D eigenvalue weighted by Crippen LogP contribution is 2.43. The average molecular weight is 348 g/mol. The number of imidazole rings is 1. The second kappa shape index (κ2) is 5.61. The Labute approximate surface area is 143 Å². The van der Waals surface area contributed by atoms with Gasteiger partial charge in [0.05, 0.1) is 6.33 Å². The number of amides is 1. The van der Waals surface area contributed by atoms with E-state index in [2.05, 4.69) is 20.3 Å². The van der Waals surface area contributed by atoms with Crippen molar-refractivity contribution in [2.45, 2.75) is 51.1 Å². The zero-order valence-electron chi connectivity index (χ0n) is 14.2. The molecule has 0 aliphatic carbocycles. The van der Waals surface area contributed by atoms with Gasteiger partial charge in [-0.1, -0.05) is 0 Å². The molecule has 10 heteroatoms. The Kier molecular flexibility index (Phi) is 3.63. The third kappa shape index (κ3) is 2.53. The second-order valence-corrected chi connectivity index (χ2v) is 6.49. The lowest BCUT2D eigenvalue weighted by Gasteiger charge is -2.24. The first-order valence-electron chi connectivity index (χ1n) is 8.13.